The summed E-state index contributed by atoms with van der Waals surface area (Å²) < 4.78 is 42.8. The van der Waals surface area contributed by atoms with Gasteiger partial charge in [-0.15, -0.1) is 10.2 Å². The number of rotatable bonds is 8. The molecule has 1 aromatic carbocycles. The fourth-order valence-electron chi connectivity index (χ4n) is 2.29. The normalized spacial score (nSPS) is 12.3. The van der Waals surface area contributed by atoms with Gasteiger partial charge in [0.25, 0.3) is 0 Å². The molecule has 0 radical (unpaired) electrons. The zero-order valence-corrected chi connectivity index (χ0v) is 15.3. The van der Waals surface area contributed by atoms with Gasteiger partial charge in [-0.1, -0.05) is 24.3 Å². The fraction of sp³-hybridized carbons (Fsp3) is 0.471. The van der Waals surface area contributed by atoms with Crippen LogP contribution in [0.25, 0.3) is 0 Å². The molecule has 27 heavy (non-hydrogen) atoms. The average Bonchev–Trinajstić information content (AvgIpc) is 3.09. The lowest BCUT2D eigenvalue weighted by Gasteiger charge is -2.12. The van der Waals surface area contributed by atoms with Crippen molar-refractivity contribution in [3.8, 4) is 0 Å². The lowest BCUT2D eigenvalue weighted by atomic mass is 10.1. The molecule has 2 N–H and O–H groups in total. The van der Waals surface area contributed by atoms with Gasteiger partial charge in [-0.05, 0) is 18.1 Å². The molecule has 0 saturated heterocycles. The summed E-state index contributed by atoms with van der Waals surface area (Å²) in [6.45, 7) is 2.48. The van der Waals surface area contributed by atoms with Crippen LogP contribution in [0.3, 0.4) is 0 Å². The van der Waals surface area contributed by atoms with Crippen LogP contribution in [0, 0.1) is 0 Å². The van der Waals surface area contributed by atoms with Gasteiger partial charge in [-0.25, -0.2) is 0 Å². The van der Waals surface area contributed by atoms with Gasteiger partial charge in [-0.3, -0.25) is 4.99 Å². The number of benzene rings is 1. The van der Waals surface area contributed by atoms with Gasteiger partial charge in [0, 0.05) is 20.1 Å². The summed E-state index contributed by atoms with van der Waals surface area (Å²) in [5.41, 5.74) is 1.65. The number of halogens is 3. The van der Waals surface area contributed by atoms with Crippen LogP contribution in [0.15, 0.2) is 35.6 Å². The number of aromatic nitrogens is 3. The van der Waals surface area contributed by atoms with Crippen molar-refractivity contribution in [2.45, 2.75) is 39.3 Å². The lowest BCUT2D eigenvalue weighted by Crippen LogP contribution is -2.37. The number of ether oxygens (including phenoxy) is 1. The lowest BCUT2D eigenvalue weighted by molar-refractivity contribution is -0.176. The van der Waals surface area contributed by atoms with Crippen molar-refractivity contribution in [2.75, 3.05) is 13.7 Å². The van der Waals surface area contributed by atoms with E-state index in [2.05, 4.69) is 30.6 Å². The molecule has 1 aromatic heterocycles. The van der Waals surface area contributed by atoms with E-state index in [0.717, 1.165) is 17.9 Å². The first kappa shape index (κ1) is 20.7. The topological polar surface area (TPSA) is 76.4 Å². The first-order chi connectivity index (χ1) is 12.9. The molecule has 0 saturated carbocycles. The van der Waals surface area contributed by atoms with Gasteiger partial charge in [0.05, 0.1) is 13.2 Å². The van der Waals surface area contributed by atoms with Gasteiger partial charge < -0.3 is 19.9 Å². The zero-order valence-electron chi connectivity index (χ0n) is 15.3. The maximum Gasteiger partial charge on any atom is 0.411 e. The SMILES string of the molecule is CCn1cnnc1CNC(=NC)NCc1ccc(COCC(F)(F)F)cc1. The molecule has 2 aromatic rings. The van der Waals surface area contributed by atoms with E-state index in [-0.39, 0.29) is 6.61 Å². The number of aliphatic imine (C=N–C) groups is 1. The molecule has 10 heteroatoms. The predicted octanol–water partition coefficient (Wildman–Crippen LogP) is 2.24. The number of aryl methyl sites for hydroxylation is 1. The smallest absolute Gasteiger partial charge is 0.367 e. The number of nitrogens with one attached hydrogen (secondary N) is 2. The maximum absolute atomic E-state index is 12.1. The third-order valence-corrected chi connectivity index (χ3v) is 3.69. The number of hydrogen-bond acceptors (Lipinski definition) is 4. The summed E-state index contributed by atoms with van der Waals surface area (Å²) >= 11 is 0. The number of hydrogen-bond donors (Lipinski definition) is 2. The molecule has 0 amide bonds. The summed E-state index contributed by atoms with van der Waals surface area (Å²) in [4.78, 5) is 4.15. The molecular formula is C17H23F3N6O. The minimum atomic E-state index is -4.31. The fourth-order valence-corrected chi connectivity index (χ4v) is 2.29. The highest BCUT2D eigenvalue weighted by atomic mass is 19.4. The van der Waals surface area contributed by atoms with Crippen molar-refractivity contribution < 1.29 is 17.9 Å². The number of nitrogens with zero attached hydrogens (tertiary/aromatic N) is 4. The van der Waals surface area contributed by atoms with Crippen molar-refractivity contribution in [3.63, 3.8) is 0 Å². The monoisotopic (exact) mass is 384 g/mol. The van der Waals surface area contributed by atoms with E-state index in [1.54, 1.807) is 25.5 Å². The Labute approximate surface area is 155 Å². The molecule has 0 spiro atoms. The Hall–Kier alpha value is -2.62. The van der Waals surface area contributed by atoms with Crippen molar-refractivity contribution >= 4 is 5.96 Å². The Morgan fingerprint density at radius 3 is 2.44 bits per heavy atom. The van der Waals surface area contributed by atoms with Crippen molar-refractivity contribution in [3.05, 3.63) is 47.5 Å². The minimum Gasteiger partial charge on any atom is -0.367 e. The summed E-state index contributed by atoms with van der Waals surface area (Å²) in [7, 11) is 1.67. The molecule has 2 rings (SSSR count). The Balaban J connectivity index is 1.77. The van der Waals surface area contributed by atoms with E-state index < -0.39 is 12.8 Å². The molecule has 0 aliphatic carbocycles. The summed E-state index contributed by atoms with van der Waals surface area (Å²) in [5.74, 6) is 1.42. The summed E-state index contributed by atoms with van der Waals surface area (Å²) in [6.07, 6.45) is -2.63. The molecular weight excluding hydrogens is 361 g/mol. The van der Waals surface area contributed by atoms with Crippen LogP contribution in [0.4, 0.5) is 13.2 Å². The third-order valence-electron chi connectivity index (χ3n) is 3.69. The molecule has 148 valence electrons. The van der Waals surface area contributed by atoms with Crippen molar-refractivity contribution in [1.82, 2.24) is 25.4 Å². The highest BCUT2D eigenvalue weighted by Gasteiger charge is 2.27. The molecule has 7 nitrogen and oxygen atoms in total. The van der Waals surface area contributed by atoms with Gasteiger partial charge in [-0.2, -0.15) is 13.2 Å². The van der Waals surface area contributed by atoms with Gasteiger partial charge >= 0.3 is 6.18 Å². The molecule has 1 heterocycles. The van der Waals surface area contributed by atoms with Crippen LogP contribution in [-0.4, -0.2) is 40.6 Å². The Bertz CT molecular complexity index is 727. The van der Waals surface area contributed by atoms with E-state index in [0.29, 0.717) is 24.6 Å². The van der Waals surface area contributed by atoms with Gasteiger partial charge in [0.2, 0.25) is 0 Å². The van der Waals surface area contributed by atoms with E-state index in [1.807, 2.05) is 23.6 Å². The van der Waals surface area contributed by atoms with Gasteiger partial charge in [0.15, 0.2) is 11.8 Å². The Morgan fingerprint density at radius 2 is 1.81 bits per heavy atom. The van der Waals surface area contributed by atoms with Crippen LogP contribution >= 0.6 is 0 Å². The predicted molar refractivity (Wildman–Crippen MR) is 94.9 cm³/mol. The average molecular weight is 384 g/mol. The molecule has 0 aliphatic rings. The number of guanidine groups is 1. The first-order valence-corrected chi connectivity index (χ1v) is 8.44. The Kier molecular flexibility index (Phi) is 7.59. The second-order valence-corrected chi connectivity index (χ2v) is 5.74. The van der Waals surface area contributed by atoms with Crippen LogP contribution in [0.5, 0.6) is 0 Å². The third kappa shape index (κ3) is 7.26. The Morgan fingerprint density at radius 1 is 1.15 bits per heavy atom. The zero-order chi connectivity index (χ0) is 19.7. The molecule has 0 aliphatic heterocycles. The van der Waals surface area contributed by atoms with Crippen molar-refractivity contribution in [1.29, 1.82) is 0 Å². The van der Waals surface area contributed by atoms with E-state index >= 15 is 0 Å². The second-order valence-electron chi connectivity index (χ2n) is 5.74. The standard InChI is InChI=1S/C17H23F3N6O/c1-3-26-12-24-25-15(26)9-23-16(21-2)22-8-13-4-6-14(7-5-13)10-27-11-17(18,19)20/h4-7,12H,3,8-11H2,1-2H3,(H2,21,22,23). The maximum atomic E-state index is 12.1. The largest absolute Gasteiger partial charge is 0.411 e. The first-order valence-electron chi connectivity index (χ1n) is 8.44. The summed E-state index contributed by atoms with van der Waals surface area (Å²) in [5, 5.41) is 14.2. The van der Waals surface area contributed by atoms with Crippen LogP contribution < -0.4 is 10.6 Å². The van der Waals surface area contributed by atoms with Crippen LogP contribution in [0.1, 0.15) is 23.9 Å². The molecule has 0 unspecified atom stereocenters. The molecule has 0 bridgehead atoms. The second kappa shape index (κ2) is 9.91. The highest BCUT2D eigenvalue weighted by molar-refractivity contribution is 5.79. The summed E-state index contributed by atoms with van der Waals surface area (Å²) in [6, 6.07) is 7.15. The van der Waals surface area contributed by atoms with Crippen LogP contribution in [0.2, 0.25) is 0 Å². The minimum absolute atomic E-state index is 0.0748. The van der Waals surface area contributed by atoms with E-state index in [1.165, 1.54) is 0 Å². The molecule has 0 atom stereocenters. The molecule has 0 fully saturated rings. The number of alkyl halides is 3. The van der Waals surface area contributed by atoms with Gasteiger partial charge in [0.1, 0.15) is 12.9 Å². The highest BCUT2D eigenvalue weighted by Crippen LogP contribution is 2.15. The van der Waals surface area contributed by atoms with Crippen LogP contribution in [-0.2, 0) is 31.0 Å². The van der Waals surface area contributed by atoms with Crippen molar-refractivity contribution in [2.24, 2.45) is 4.99 Å². The van der Waals surface area contributed by atoms with E-state index in [9.17, 15) is 13.2 Å². The van der Waals surface area contributed by atoms with E-state index in [4.69, 9.17) is 0 Å². The quantitative estimate of drug-likeness (QED) is 0.539.